The van der Waals surface area contributed by atoms with E-state index in [0.717, 1.165) is 47.8 Å². The van der Waals surface area contributed by atoms with Gasteiger partial charge >= 0.3 is 0 Å². The molecule has 4 aromatic rings. The number of amides is 2. The van der Waals surface area contributed by atoms with Crippen LogP contribution in [0.4, 0.5) is 0 Å². The van der Waals surface area contributed by atoms with Crippen molar-refractivity contribution in [2.45, 2.75) is 57.9 Å². The van der Waals surface area contributed by atoms with Crippen LogP contribution in [0.1, 0.15) is 71.9 Å². The van der Waals surface area contributed by atoms with Crippen molar-refractivity contribution in [3.8, 4) is 5.75 Å². The van der Waals surface area contributed by atoms with Crippen LogP contribution < -0.4 is 14.8 Å². The minimum atomic E-state index is -4.01. The summed E-state index contributed by atoms with van der Waals surface area (Å²) in [5.74, 6) is 0.0914. The molecule has 2 amide bonds. The van der Waals surface area contributed by atoms with E-state index in [4.69, 9.17) is 4.74 Å². The van der Waals surface area contributed by atoms with Gasteiger partial charge in [0.1, 0.15) is 5.75 Å². The molecular weight excluding hydrogens is 550 g/mol. The second kappa shape index (κ2) is 13.7. The third-order valence-corrected chi connectivity index (χ3v) is 8.95. The molecule has 2 N–H and O–H groups in total. The Labute approximate surface area is 248 Å². The fourth-order valence-corrected chi connectivity index (χ4v) is 6.07. The molecule has 9 heteroatoms. The van der Waals surface area contributed by atoms with Crippen molar-refractivity contribution >= 4 is 32.7 Å². The van der Waals surface area contributed by atoms with Gasteiger partial charge in [-0.2, -0.15) is 0 Å². The molecule has 4 rings (SSSR count). The number of nitrogens with one attached hydrogen (secondary N) is 2. The molecule has 42 heavy (non-hydrogen) atoms. The summed E-state index contributed by atoms with van der Waals surface area (Å²) >= 11 is 0. The first-order valence-electron chi connectivity index (χ1n) is 14.4. The molecule has 8 nitrogen and oxygen atoms in total. The van der Waals surface area contributed by atoms with Crippen molar-refractivity contribution < 1.29 is 22.7 Å². The maximum absolute atomic E-state index is 13.0. The maximum atomic E-state index is 13.0. The van der Waals surface area contributed by atoms with Crippen molar-refractivity contribution in [3.05, 3.63) is 95.2 Å². The van der Waals surface area contributed by atoms with E-state index in [1.165, 1.54) is 19.2 Å². The van der Waals surface area contributed by atoms with Crippen LogP contribution in [0, 0.1) is 5.92 Å². The van der Waals surface area contributed by atoms with Gasteiger partial charge in [0.15, 0.2) is 0 Å². The Morgan fingerprint density at radius 1 is 0.881 bits per heavy atom. The number of sulfonamides is 1. The Morgan fingerprint density at radius 3 is 2.24 bits per heavy atom. The van der Waals surface area contributed by atoms with E-state index in [1.54, 1.807) is 36.4 Å². The molecule has 1 aromatic heterocycles. The number of carbonyl (C=O) groups is 2. The molecule has 0 aliphatic heterocycles. The normalized spacial score (nSPS) is 11.5. The lowest BCUT2D eigenvalue weighted by Gasteiger charge is -2.13. The average molecular weight is 590 g/mol. The van der Waals surface area contributed by atoms with E-state index in [0.29, 0.717) is 30.2 Å². The smallest absolute Gasteiger partial charge is 0.265 e. The molecule has 0 saturated carbocycles. The summed E-state index contributed by atoms with van der Waals surface area (Å²) in [6, 6.07) is 18.5. The number of methoxy groups -OCH3 is 1. The Bertz CT molecular complexity index is 1660. The predicted octanol–water partition coefficient (Wildman–Crippen LogP) is 5.94. The van der Waals surface area contributed by atoms with Crippen LogP contribution in [0.5, 0.6) is 5.75 Å². The zero-order chi connectivity index (χ0) is 30.3. The number of fused-ring (bicyclic) bond motifs is 1. The van der Waals surface area contributed by atoms with Gasteiger partial charge in [0.25, 0.3) is 21.8 Å². The van der Waals surface area contributed by atoms with Gasteiger partial charge < -0.3 is 14.6 Å². The molecule has 222 valence electrons. The van der Waals surface area contributed by atoms with Crippen LogP contribution in [0.15, 0.2) is 77.8 Å². The Balaban J connectivity index is 1.61. The standard InChI is InChI=1S/C33H39N3O5S/c1-5-17-36-22-27(29-19-25(15-16-30(29)36)32(37)34-21-23(6-2)7-3)18-24-13-14-26(20-31(24)41-4)33(38)35-42(39,40)28-11-9-8-10-12-28/h8-16,19-20,22-23H,5-7,17-18,21H2,1-4H3,(H,34,37)(H,35,38). The third-order valence-electron chi connectivity index (χ3n) is 7.61. The van der Waals surface area contributed by atoms with E-state index in [2.05, 4.69) is 41.6 Å². The minimum absolute atomic E-state index is 0.00833. The van der Waals surface area contributed by atoms with Gasteiger partial charge in [0, 0.05) is 47.7 Å². The number of carbonyl (C=O) groups excluding carboxylic acids is 2. The number of benzene rings is 3. The number of hydrogen-bond acceptors (Lipinski definition) is 5. The summed E-state index contributed by atoms with van der Waals surface area (Å²) in [5, 5.41) is 4.06. The Morgan fingerprint density at radius 2 is 1.57 bits per heavy atom. The predicted molar refractivity (Wildman–Crippen MR) is 166 cm³/mol. The summed E-state index contributed by atoms with van der Waals surface area (Å²) in [7, 11) is -2.49. The van der Waals surface area contributed by atoms with Crippen molar-refractivity contribution in [3.63, 3.8) is 0 Å². The summed E-state index contributed by atoms with van der Waals surface area (Å²) in [4.78, 5) is 25.9. The minimum Gasteiger partial charge on any atom is -0.496 e. The first-order chi connectivity index (χ1) is 20.2. The highest BCUT2D eigenvalue weighted by Crippen LogP contribution is 2.30. The molecule has 1 heterocycles. The molecule has 0 saturated heterocycles. The second-order valence-electron chi connectivity index (χ2n) is 10.4. The first-order valence-corrected chi connectivity index (χ1v) is 15.9. The monoisotopic (exact) mass is 589 g/mol. The molecule has 0 atom stereocenters. The van der Waals surface area contributed by atoms with Gasteiger partial charge in [-0.05, 0) is 65.9 Å². The molecule has 0 radical (unpaired) electrons. The van der Waals surface area contributed by atoms with Gasteiger partial charge in [-0.1, -0.05) is 57.9 Å². The van der Waals surface area contributed by atoms with Crippen molar-refractivity contribution in [1.82, 2.24) is 14.6 Å². The fraction of sp³-hybridized carbons (Fsp3) is 0.333. The topological polar surface area (TPSA) is 106 Å². The molecule has 3 aromatic carbocycles. The van der Waals surface area contributed by atoms with E-state index >= 15 is 0 Å². The first kappa shape index (κ1) is 30.8. The molecule has 0 aliphatic rings. The van der Waals surface area contributed by atoms with Crippen molar-refractivity contribution in [1.29, 1.82) is 0 Å². The van der Waals surface area contributed by atoms with Crippen LogP contribution >= 0.6 is 0 Å². The number of ether oxygens (including phenoxy) is 1. The lowest BCUT2D eigenvalue weighted by atomic mass is 10.00. The number of aromatic nitrogens is 1. The zero-order valence-corrected chi connectivity index (χ0v) is 25.5. The van der Waals surface area contributed by atoms with Crippen LogP contribution in [-0.4, -0.2) is 38.5 Å². The van der Waals surface area contributed by atoms with Crippen molar-refractivity contribution in [2.75, 3.05) is 13.7 Å². The highest BCUT2D eigenvalue weighted by molar-refractivity contribution is 7.90. The number of hydrogen-bond donors (Lipinski definition) is 2. The second-order valence-corrected chi connectivity index (χ2v) is 12.1. The van der Waals surface area contributed by atoms with E-state index < -0.39 is 15.9 Å². The zero-order valence-electron chi connectivity index (χ0n) is 24.6. The maximum Gasteiger partial charge on any atom is 0.265 e. The van der Waals surface area contributed by atoms with Gasteiger partial charge in [-0.15, -0.1) is 0 Å². The Kier molecular flexibility index (Phi) is 10.1. The summed E-state index contributed by atoms with van der Waals surface area (Å²) in [6.45, 7) is 7.88. The molecule has 0 fully saturated rings. The van der Waals surface area contributed by atoms with E-state index in [-0.39, 0.29) is 16.4 Å². The summed E-state index contributed by atoms with van der Waals surface area (Å²) < 4.78 is 35.2. The molecule has 0 aliphatic carbocycles. The summed E-state index contributed by atoms with van der Waals surface area (Å²) in [5.41, 5.74) is 3.68. The number of nitrogens with zero attached hydrogens (tertiary/aromatic N) is 1. The molecule has 0 unspecified atom stereocenters. The quantitative estimate of drug-likeness (QED) is 0.201. The SMILES string of the molecule is CCCn1cc(Cc2ccc(C(=O)NS(=O)(=O)c3ccccc3)cc2OC)c2cc(C(=O)NCC(CC)CC)ccc21. The summed E-state index contributed by atoms with van der Waals surface area (Å²) in [6.07, 6.45) is 5.60. The molecular formula is C33H39N3O5S. The van der Waals surface area contributed by atoms with E-state index in [1.807, 2.05) is 18.2 Å². The van der Waals surface area contributed by atoms with Crippen LogP contribution in [0.2, 0.25) is 0 Å². The van der Waals surface area contributed by atoms with Gasteiger partial charge in [0.2, 0.25) is 0 Å². The molecule has 0 bridgehead atoms. The van der Waals surface area contributed by atoms with Gasteiger partial charge in [-0.3, -0.25) is 9.59 Å². The third kappa shape index (κ3) is 7.02. The van der Waals surface area contributed by atoms with Gasteiger partial charge in [0.05, 0.1) is 12.0 Å². The van der Waals surface area contributed by atoms with Crippen molar-refractivity contribution in [2.24, 2.45) is 5.92 Å². The van der Waals surface area contributed by atoms with E-state index in [9.17, 15) is 18.0 Å². The van der Waals surface area contributed by atoms with Crippen LogP contribution in [0.3, 0.4) is 0 Å². The molecule has 0 spiro atoms. The number of rotatable bonds is 13. The highest BCUT2D eigenvalue weighted by atomic mass is 32.2. The highest BCUT2D eigenvalue weighted by Gasteiger charge is 2.20. The lowest BCUT2D eigenvalue weighted by molar-refractivity contribution is 0.0944. The van der Waals surface area contributed by atoms with Crippen LogP contribution in [-0.2, 0) is 23.0 Å². The lowest BCUT2D eigenvalue weighted by Crippen LogP contribution is -2.30. The average Bonchev–Trinajstić information content (AvgIpc) is 3.34. The number of aryl methyl sites for hydroxylation is 1. The van der Waals surface area contributed by atoms with Crippen LogP contribution in [0.25, 0.3) is 10.9 Å². The van der Waals surface area contributed by atoms with Gasteiger partial charge in [-0.25, -0.2) is 13.1 Å². The largest absolute Gasteiger partial charge is 0.496 e. The Hall–Kier alpha value is -4.11. The fourth-order valence-electron chi connectivity index (χ4n) is 5.07.